The van der Waals surface area contributed by atoms with E-state index in [1.807, 2.05) is 31.4 Å². The van der Waals surface area contributed by atoms with Crippen LogP contribution in [0, 0.1) is 0 Å². The molecule has 6 aromatic carbocycles. The van der Waals surface area contributed by atoms with Crippen molar-refractivity contribution >= 4 is 21.8 Å². The molecule has 260 valence electrons. The number of aromatic nitrogens is 1. The minimum Gasteiger partial charge on any atom is -0.387 e. The number of aryl methyl sites for hydroxylation is 1. The zero-order chi connectivity index (χ0) is 36.1. The van der Waals surface area contributed by atoms with E-state index in [1.54, 1.807) is 0 Å². The molecule has 0 bridgehead atoms. The zero-order valence-electron chi connectivity index (χ0n) is 30.6. The first-order valence-electron chi connectivity index (χ1n) is 18.2. The summed E-state index contributed by atoms with van der Waals surface area (Å²) in [7, 11) is 4.03. The van der Waals surface area contributed by atoms with Crippen molar-refractivity contribution in [1.82, 2.24) is 15.2 Å². The van der Waals surface area contributed by atoms with Crippen molar-refractivity contribution in [2.24, 2.45) is 12.8 Å². The minimum absolute atomic E-state index is 0.0660. The van der Waals surface area contributed by atoms with Gasteiger partial charge in [-0.3, -0.25) is 0 Å². The number of nitrogens with two attached hydrogens (primary N) is 1. The highest BCUT2D eigenvalue weighted by molar-refractivity contribution is 6.10. The van der Waals surface area contributed by atoms with Gasteiger partial charge in [0.2, 0.25) is 0 Å². The number of nitrogens with one attached hydrogen (secondary N) is 2. The second kappa shape index (κ2) is 15.3. The SMILES string of the molecule is C1=CNCC(Cc2ccccc2)=C1.CNC(N)c1ccc(-c2ccccc2)cc1.Cn1c2ccccc2c2cc3c(cc21)C(C)(C)c1ccccc1-3. The summed E-state index contributed by atoms with van der Waals surface area (Å²) in [5.74, 6) is 0. The Bertz CT molecular complexity index is 2350. The van der Waals surface area contributed by atoms with Gasteiger partial charge >= 0.3 is 0 Å². The van der Waals surface area contributed by atoms with Crippen LogP contribution < -0.4 is 16.4 Å². The summed E-state index contributed by atoms with van der Waals surface area (Å²) in [5.41, 5.74) is 20.6. The molecule has 0 saturated carbocycles. The first kappa shape index (κ1) is 34.8. The Morgan fingerprint density at radius 2 is 1.35 bits per heavy atom. The van der Waals surface area contributed by atoms with Crippen molar-refractivity contribution in [2.45, 2.75) is 31.8 Å². The van der Waals surface area contributed by atoms with Crippen LogP contribution in [0.3, 0.4) is 0 Å². The third-order valence-corrected chi connectivity index (χ3v) is 10.5. The number of hydrogen-bond acceptors (Lipinski definition) is 3. The molecule has 2 aliphatic rings. The molecule has 0 amide bonds. The summed E-state index contributed by atoms with van der Waals surface area (Å²) in [6.45, 7) is 5.66. The average molecular weight is 681 g/mol. The topological polar surface area (TPSA) is 55.0 Å². The lowest BCUT2D eigenvalue weighted by Gasteiger charge is -2.21. The fourth-order valence-electron chi connectivity index (χ4n) is 7.51. The molecule has 1 atom stereocenters. The standard InChI is InChI=1S/C22H19N.C14H16N2.C12H13N/c1-22(2)18-10-6-4-8-14(18)16-12-17-15-9-5-7-11-20(15)23(3)21(17)13-19(16)22;1-16-14(15)13-9-7-12(8-10-13)11-5-3-2-4-6-11;1-2-5-11(6-3-1)9-12-7-4-8-13-10-12/h4-13H,1-3H3;2-10,14,16H,15H2,1H3;1-8,13H,9-10H2. The lowest BCUT2D eigenvalue weighted by Crippen LogP contribution is -2.24. The molecule has 0 radical (unpaired) electrons. The number of dihydropyridines is 1. The maximum atomic E-state index is 5.87. The Morgan fingerprint density at radius 3 is 2.06 bits per heavy atom. The van der Waals surface area contributed by atoms with Gasteiger partial charge in [-0.2, -0.15) is 0 Å². The minimum atomic E-state index is -0.0928. The normalized spacial score (nSPS) is 14.2. The zero-order valence-corrected chi connectivity index (χ0v) is 30.6. The highest BCUT2D eigenvalue weighted by Crippen LogP contribution is 2.50. The van der Waals surface area contributed by atoms with Crippen molar-refractivity contribution in [2.75, 3.05) is 13.6 Å². The molecular formula is C48H48N4. The van der Waals surface area contributed by atoms with Crippen LogP contribution in [0.15, 0.2) is 170 Å². The van der Waals surface area contributed by atoms with Crippen LogP contribution in [0.5, 0.6) is 0 Å². The number of nitrogens with zero attached hydrogens (tertiary/aromatic N) is 1. The van der Waals surface area contributed by atoms with Crippen LogP contribution in [0.25, 0.3) is 44.1 Å². The van der Waals surface area contributed by atoms with Gasteiger partial charge in [-0.15, -0.1) is 0 Å². The van der Waals surface area contributed by atoms with E-state index in [4.69, 9.17) is 5.73 Å². The third-order valence-electron chi connectivity index (χ3n) is 10.5. The van der Waals surface area contributed by atoms with Gasteiger partial charge < -0.3 is 20.9 Å². The van der Waals surface area contributed by atoms with E-state index in [2.05, 4.69) is 176 Å². The predicted octanol–water partition coefficient (Wildman–Crippen LogP) is 10.4. The van der Waals surface area contributed by atoms with Gasteiger partial charge in [-0.1, -0.05) is 147 Å². The molecular weight excluding hydrogens is 633 g/mol. The van der Waals surface area contributed by atoms with Gasteiger partial charge in [0.15, 0.2) is 0 Å². The number of benzene rings is 6. The van der Waals surface area contributed by atoms with E-state index in [0.717, 1.165) is 18.5 Å². The summed E-state index contributed by atoms with van der Waals surface area (Å²) in [6.07, 6.45) is 7.18. The third kappa shape index (κ3) is 7.09. The molecule has 52 heavy (non-hydrogen) atoms. The number of rotatable bonds is 5. The second-order valence-electron chi connectivity index (χ2n) is 14.1. The summed E-state index contributed by atoms with van der Waals surface area (Å²) in [5, 5.41) is 8.92. The first-order valence-corrected chi connectivity index (χ1v) is 18.2. The molecule has 1 aliphatic heterocycles. The van der Waals surface area contributed by atoms with E-state index in [0.29, 0.717) is 0 Å². The number of para-hydroxylation sites is 1. The van der Waals surface area contributed by atoms with E-state index < -0.39 is 0 Å². The van der Waals surface area contributed by atoms with Crippen LogP contribution in [0.2, 0.25) is 0 Å². The predicted molar refractivity (Wildman–Crippen MR) is 221 cm³/mol. The lowest BCUT2D eigenvalue weighted by atomic mass is 9.82. The fourth-order valence-corrected chi connectivity index (χ4v) is 7.51. The molecule has 9 rings (SSSR count). The van der Waals surface area contributed by atoms with E-state index in [9.17, 15) is 0 Å². The first-order chi connectivity index (χ1) is 25.3. The summed E-state index contributed by atoms with van der Waals surface area (Å²) >= 11 is 0. The highest BCUT2D eigenvalue weighted by atomic mass is 15.0. The Kier molecular flexibility index (Phi) is 10.2. The van der Waals surface area contributed by atoms with Crippen molar-refractivity contribution < 1.29 is 0 Å². The molecule has 4 N–H and O–H groups in total. The van der Waals surface area contributed by atoms with E-state index in [-0.39, 0.29) is 11.6 Å². The summed E-state index contributed by atoms with van der Waals surface area (Å²) in [4.78, 5) is 0. The maximum Gasteiger partial charge on any atom is 0.0807 e. The van der Waals surface area contributed by atoms with Crippen molar-refractivity contribution in [3.05, 3.63) is 192 Å². The molecule has 0 spiro atoms. The molecule has 0 saturated heterocycles. The highest BCUT2D eigenvalue weighted by Gasteiger charge is 2.35. The molecule has 1 unspecified atom stereocenters. The van der Waals surface area contributed by atoms with Crippen LogP contribution in [-0.2, 0) is 18.9 Å². The average Bonchev–Trinajstić information content (AvgIpc) is 3.61. The molecule has 7 aromatic rings. The monoisotopic (exact) mass is 680 g/mol. The van der Waals surface area contributed by atoms with Gasteiger partial charge in [-0.25, -0.2) is 0 Å². The Morgan fingerprint density at radius 1 is 0.692 bits per heavy atom. The molecule has 4 heteroatoms. The second-order valence-corrected chi connectivity index (χ2v) is 14.1. The summed E-state index contributed by atoms with van der Waals surface area (Å²) in [6, 6.07) is 51.5. The molecule has 1 aromatic heterocycles. The van der Waals surface area contributed by atoms with Gasteiger partial charge in [0.25, 0.3) is 0 Å². The number of fused-ring (bicyclic) bond motifs is 6. The molecule has 0 fully saturated rings. The maximum absolute atomic E-state index is 5.87. The molecule has 2 heterocycles. The van der Waals surface area contributed by atoms with Gasteiger partial charge in [0.1, 0.15) is 0 Å². The smallest absolute Gasteiger partial charge is 0.0807 e. The van der Waals surface area contributed by atoms with Crippen molar-refractivity contribution in [3.63, 3.8) is 0 Å². The molecule has 4 nitrogen and oxygen atoms in total. The van der Waals surface area contributed by atoms with E-state index >= 15 is 0 Å². The van der Waals surface area contributed by atoms with Crippen molar-refractivity contribution in [3.8, 4) is 22.3 Å². The van der Waals surface area contributed by atoms with Crippen LogP contribution in [0.4, 0.5) is 0 Å². The van der Waals surface area contributed by atoms with Crippen molar-refractivity contribution in [1.29, 1.82) is 0 Å². The van der Waals surface area contributed by atoms with Crippen LogP contribution >= 0.6 is 0 Å². The number of hydrogen-bond donors (Lipinski definition) is 3. The Labute approximate surface area is 308 Å². The van der Waals surface area contributed by atoms with Gasteiger partial charge in [0.05, 0.1) is 6.17 Å². The van der Waals surface area contributed by atoms with Crippen LogP contribution in [-0.4, -0.2) is 18.2 Å². The Balaban J connectivity index is 0.000000128. The van der Waals surface area contributed by atoms with Crippen LogP contribution in [0.1, 0.15) is 42.3 Å². The number of allylic oxidation sites excluding steroid dienone is 2. The lowest BCUT2D eigenvalue weighted by molar-refractivity contribution is 0.622. The summed E-state index contributed by atoms with van der Waals surface area (Å²) < 4.78 is 2.32. The molecule has 1 aliphatic carbocycles. The Hall–Kier alpha value is -5.68. The fraction of sp³-hybridized carbons (Fsp3) is 0.167. The quantitative estimate of drug-likeness (QED) is 0.159. The van der Waals surface area contributed by atoms with Gasteiger partial charge in [-0.05, 0) is 94.0 Å². The largest absolute Gasteiger partial charge is 0.387 e. The van der Waals surface area contributed by atoms with E-state index in [1.165, 1.54) is 66.3 Å². The van der Waals surface area contributed by atoms with Gasteiger partial charge in [0, 0.05) is 40.8 Å².